The van der Waals surface area contributed by atoms with Gasteiger partial charge in [0.2, 0.25) is 5.88 Å². The van der Waals surface area contributed by atoms with Crippen LogP contribution in [0.2, 0.25) is 0 Å². The Hall–Kier alpha value is -2.90. The maximum Gasteiger partial charge on any atom is 0.321 e. The number of ether oxygens (including phenoxy) is 2. The number of methoxy groups -OCH3 is 2. The molecular weight excluding hydrogens is 536 g/mol. The van der Waals surface area contributed by atoms with Crippen LogP contribution in [-0.2, 0) is 26.5 Å². The number of anilines is 2. The minimum atomic E-state index is -4.03. The van der Waals surface area contributed by atoms with E-state index in [1.807, 2.05) is 6.92 Å². The lowest BCUT2D eigenvalue weighted by Crippen LogP contribution is -2.16. The average Bonchev–Trinajstić information content (AvgIpc) is 2.78. The van der Waals surface area contributed by atoms with Gasteiger partial charge in [0, 0.05) is 16.2 Å². The van der Waals surface area contributed by atoms with Gasteiger partial charge < -0.3 is 9.47 Å². The predicted molar refractivity (Wildman–Crippen MR) is 127 cm³/mol. The van der Waals surface area contributed by atoms with Crippen LogP contribution in [-0.4, -0.2) is 41.0 Å². The summed E-state index contributed by atoms with van der Waals surface area (Å²) in [4.78, 5) is 7.89. The van der Waals surface area contributed by atoms with Gasteiger partial charge in [0.1, 0.15) is 0 Å². The Morgan fingerprint density at radius 3 is 2.18 bits per heavy atom. The van der Waals surface area contributed by atoms with E-state index in [-0.39, 0.29) is 33.2 Å². The molecule has 0 spiro atoms. The van der Waals surface area contributed by atoms with Crippen LogP contribution in [0.15, 0.2) is 62.8 Å². The van der Waals surface area contributed by atoms with Crippen LogP contribution in [0.3, 0.4) is 0 Å². The average molecular weight is 557 g/mol. The number of hydrogen-bond acceptors (Lipinski definition) is 8. The highest BCUT2D eigenvalue weighted by Crippen LogP contribution is 2.25. The minimum Gasteiger partial charge on any atom is -0.481 e. The third kappa shape index (κ3) is 5.92. The van der Waals surface area contributed by atoms with Crippen molar-refractivity contribution in [1.82, 2.24) is 9.97 Å². The van der Waals surface area contributed by atoms with Crippen LogP contribution < -0.4 is 18.9 Å². The van der Waals surface area contributed by atoms with Gasteiger partial charge in [0.15, 0.2) is 5.82 Å². The van der Waals surface area contributed by atoms with Gasteiger partial charge >= 0.3 is 6.01 Å². The smallest absolute Gasteiger partial charge is 0.321 e. The lowest BCUT2D eigenvalue weighted by Gasteiger charge is -2.13. The number of hydrogen-bond donors (Lipinski definition) is 2. The van der Waals surface area contributed by atoms with Gasteiger partial charge in [-0.1, -0.05) is 22.9 Å². The summed E-state index contributed by atoms with van der Waals surface area (Å²) in [5.74, 6) is 0.0644. The molecule has 3 aromatic rings. The maximum atomic E-state index is 12.8. The number of aromatic nitrogens is 2. The molecule has 0 saturated carbocycles. The fourth-order valence-corrected chi connectivity index (χ4v) is 5.60. The second-order valence-corrected chi connectivity index (χ2v) is 10.9. The van der Waals surface area contributed by atoms with E-state index in [0.717, 1.165) is 4.47 Å². The molecule has 0 aliphatic heterocycles. The minimum absolute atomic E-state index is 0.0502. The first-order valence-corrected chi connectivity index (χ1v) is 13.2. The first kappa shape index (κ1) is 24.7. The molecule has 0 atom stereocenters. The van der Waals surface area contributed by atoms with Crippen LogP contribution >= 0.6 is 15.9 Å². The van der Waals surface area contributed by atoms with E-state index < -0.39 is 20.0 Å². The van der Waals surface area contributed by atoms with Crippen molar-refractivity contribution in [1.29, 1.82) is 0 Å². The molecule has 0 amide bonds. The molecule has 33 heavy (non-hydrogen) atoms. The molecular formula is C20H21BrN4O6S2. The van der Waals surface area contributed by atoms with E-state index in [1.54, 1.807) is 12.1 Å². The monoisotopic (exact) mass is 556 g/mol. The lowest BCUT2D eigenvalue weighted by molar-refractivity contribution is 0.353. The van der Waals surface area contributed by atoms with Crippen LogP contribution in [0.25, 0.3) is 0 Å². The lowest BCUT2D eigenvalue weighted by atomic mass is 10.2. The molecule has 10 nitrogen and oxygen atoms in total. The Morgan fingerprint density at radius 2 is 1.58 bits per heavy atom. The van der Waals surface area contributed by atoms with E-state index in [0.29, 0.717) is 12.0 Å². The molecule has 0 aliphatic rings. The van der Waals surface area contributed by atoms with Crippen LogP contribution in [0.4, 0.5) is 11.5 Å². The van der Waals surface area contributed by atoms with Gasteiger partial charge in [-0.05, 0) is 54.4 Å². The van der Waals surface area contributed by atoms with E-state index in [2.05, 4.69) is 35.3 Å². The first-order chi connectivity index (χ1) is 15.6. The summed E-state index contributed by atoms with van der Waals surface area (Å²) in [7, 11) is -5.18. The van der Waals surface area contributed by atoms with Crippen LogP contribution in [0.1, 0.15) is 12.5 Å². The molecule has 3 rings (SSSR count). The number of nitrogens with zero attached hydrogens (tertiary/aromatic N) is 2. The first-order valence-electron chi connectivity index (χ1n) is 9.49. The van der Waals surface area contributed by atoms with Gasteiger partial charge in [0.25, 0.3) is 20.0 Å². The summed E-state index contributed by atoms with van der Waals surface area (Å²) in [6.45, 7) is 1.86. The Balaban J connectivity index is 1.82. The summed E-state index contributed by atoms with van der Waals surface area (Å²) in [6, 6.07) is 11.4. The summed E-state index contributed by atoms with van der Waals surface area (Å²) >= 11 is 3.34. The summed E-state index contributed by atoms with van der Waals surface area (Å²) in [6.07, 6.45) is 0.525. The van der Waals surface area contributed by atoms with Gasteiger partial charge in [-0.15, -0.1) is 0 Å². The third-order valence-corrected chi connectivity index (χ3v) is 7.77. The Morgan fingerprint density at radius 1 is 0.879 bits per heavy atom. The third-order valence-electron chi connectivity index (χ3n) is 4.42. The predicted octanol–water partition coefficient (Wildman–Crippen LogP) is 3.42. The Kier molecular flexibility index (Phi) is 7.44. The van der Waals surface area contributed by atoms with Crippen molar-refractivity contribution in [2.45, 2.75) is 23.1 Å². The van der Waals surface area contributed by atoms with Crippen LogP contribution in [0.5, 0.6) is 11.9 Å². The second kappa shape index (κ2) is 9.93. The van der Waals surface area contributed by atoms with E-state index >= 15 is 0 Å². The summed E-state index contributed by atoms with van der Waals surface area (Å²) < 4.78 is 66.7. The standard InChI is InChI=1S/C20H21BrN4O6S2/c1-4-13-11-14(21)5-10-17(13)33(28,29)24-15-6-8-16(9-7-15)32(26,27)25-18-12-19(30-2)23-20(22-18)31-3/h5-12,24H,4H2,1-3H3,(H,22,23,25). The molecule has 1 heterocycles. The molecule has 0 fully saturated rings. The molecule has 0 unspecified atom stereocenters. The maximum absolute atomic E-state index is 12.8. The van der Waals surface area contributed by atoms with E-state index in [9.17, 15) is 16.8 Å². The van der Waals surface area contributed by atoms with Gasteiger partial charge in [-0.2, -0.15) is 9.97 Å². The largest absolute Gasteiger partial charge is 0.481 e. The molecule has 2 aromatic carbocycles. The normalized spacial score (nSPS) is 11.6. The van der Waals surface area contributed by atoms with Crippen molar-refractivity contribution in [3.8, 4) is 11.9 Å². The highest BCUT2D eigenvalue weighted by atomic mass is 79.9. The molecule has 0 radical (unpaired) electrons. The van der Waals surface area contributed by atoms with Gasteiger partial charge in [-0.25, -0.2) is 16.8 Å². The fourth-order valence-electron chi connectivity index (χ4n) is 2.85. The summed E-state index contributed by atoms with van der Waals surface area (Å²) in [5, 5.41) is 0. The molecule has 0 bridgehead atoms. The molecule has 176 valence electrons. The molecule has 2 N–H and O–H groups in total. The zero-order valence-electron chi connectivity index (χ0n) is 17.9. The van der Waals surface area contributed by atoms with Crippen molar-refractivity contribution >= 4 is 47.5 Å². The number of sulfonamides is 2. The van der Waals surface area contributed by atoms with Crippen LogP contribution in [0, 0.1) is 0 Å². The van der Waals surface area contributed by atoms with Crippen molar-refractivity contribution < 1.29 is 26.3 Å². The Labute approximate surface area is 200 Å². The van der Waals surface area contributed by atoms with Crippen molar-refractivity contribution in [3.63, 3.8) is 0 Å². The number of halogens is 1. The molecule has 1 aromatic heterocycles. The van der Waals surface area contributed by atoms with Gasteiger partial charge in [0.05, 0.1) is 24.0 Å². The number of rotatable bonds is 9. The SMILES string of the molecule is CCc1cc(Br)ccc1S(=O)(=O)Nc1ccc(S(=O)(=O)Nc2cc(OC)nc(OC)n2)cc1. The molecule has 0 saturated heterocycles. The van der Waals surface area contributed by atoms with Gasteiger partial charge in [-0.3, -0.25) is 9.44 Å². The van der Waals surface area contributed by atoms with E-state index in [1.165, 1.54) is 50.6 Å². The van der Waals surface area contributed by atoms with Crippen molar-refractivity contribution in [2.75, 3.05) is 23.7 Å². The highest BCUT2D eigenvalue weighted by molar-refractivity contribution is 9.10. The van der Waals surface area contributed by atoms with Crippen molar-refractivity contribution in [2.24, 2.45) is 0 Å². The van der Waals surface area contributed by atoms with E-state index in [4.69, 9.17) is 9.47 Å². The zero-order chi connectivity index (χ0) is 24.2. The Bertz CT molecular complexity index is 1340. The zero-order valence-corrected chi connectivity index (χ0v) is 21.1. The number of aryl methyl sites for hydroxylation is 1. The summed E-state index contributed by atoms with van der Waals surface area (Å²) in [5.41, 5.74) is 0.861. The topological polar surface area (TPSA) is 137 Å². The second-order valence-electron chi connectivity index (χ2n) is 6.62. The van der Waals surface area contributed by atoms with Crippen molar-refractivity contribution in [3.05, 3.63) is 58.6 Å². The molecule has 0 aliphatic carbocycles. The molecule has 13 heteroatoms. The number of nitrogens with one attached hydrogen (secondary N) is 2. The fraction of sp³-hybridized carbons (Fsp3) is 0.200. The number of benzene rings is 2. The quantitative estimate of drug-likeness (QED) is 0.409. The highest BCUT2D eigenvalue weighted by Gasteiger charge is 2.20.